The van der Waals surface area contributed by atoms with Gasteiger partial charge in [-0.1, -0.05) is 0 Å². The SMILES string of the molecule is COC(=O)Nc1ccc(N(C)C2CCS(=O)(=O)C2)nc1. The molecule has 8 heteroatoms. The first-order valence-corrected chi connectivity index (χ1v) is 7.98. The van der Waals surface area contributed by atoms with Gasteiger partial charge in [-0.25, -0.2) is 18.2 Å². The zero-order valence-electron chi connectivity index (χ0n) is 11.4. The van der Waals surface area contributed by atoms with Crippen molar-refractivity contribution in [1.82, 2.24) is 4.98 Å². The van der Waals surface area contributed by atoms with Crippen LogP contribution < -0.4 is 10.2 Å². The number of hydrogen-bond donors (Lipinski definition) is 1. The summed E-state index contributed by atoms with van der Waals surface area (Å²) < 4.78 is 27.4. The summed E-state index contributed by atoms with van der Waals surface area (Å²) in [6.07, 6.45) is 1.56. The maximum absolute atomic E-state index is 11.5. The van der Waals surface area contributed by atoms with Crippen LogP contribution in [0.25, 0.3) is 0 Å². The van der Waals surface area contributed by atoms with Crippen molar-refractivity contribution in [1.29, 1.82) is 0 Å². The second-order valence-electron chi connectivity index (χ2n) is 4.69. The van der Waals surface area contributed by atoms with Crippen LogP contribution in [0.1, 0.15) is 6.42 Å². The molecule has 1 fully saturated rings. The van der Waals surface area contributed by atoms with Gasteiger partial charge in [-0.05, 0) is 18.6 Å². The number of nitrogens with one attached hydrogen (secondary N) is 1. The Kier molecular flexibility index (Phi) is 4.12. The third-order valence-electron chi connectivity index (χ3n) is 3.30. The highest BCUT2D eigenvalue weighted by atomic mass is 32.2. The third kappa shape index (κ3) is 3.38. The predicted molar refractivity (Wildman–Crippen MR) is 75.7 cm³/mol. The molecule has 0 aliphatic carbocycles. The van der Waals surface area contributed by atoms with Gasteiger partial charge in [0.25, 0.3) is 0 Å². The third-order valence-corrected chi connectivity index (χ3v) is 5.05. The number of methoxy groups -OCH3 is 1. The minimum atomic E-state index is -2.92. The Morgan fingerprint density at radius 1 is 1.50 bits per heavy atom. The summed E-state index contributed by atoms with van der Waals surface area (Å²) in [4.78, 5) is 17.1. The molecular formula is C12H17N3O4S. The number of sulfone groups is 1. The van der Waals surface area contributed by atoms with E-state index < -0.39 is 15.9 Å². The van der Waals surface area contributed by atoms with Crippen molar-refractivity contribution >= 4 is 27.4 Å². The van der Waals surface area contributed by atoms with E-state index in [9.17, 15) is 13.2 Å². The van der Waals surface area contributed by atoms with Crippen molar-refractivity contribution < 1.29 is 17.9 Å². The maximum Gasteiger partial charge on any atom is 0.411 e. The molecule has 0 bridgehead atoms. The molecule has 1 aromatic heterocycles. The average molecular weight is 299 g/mol. The van der Waals surface area contributed by atoms with E-state index in [1.165, 1.54) is 13.3 Å². The van der Waals surface area contributed by atoms with Gasteiger partial charge in [-0.15, -0.1) is 0 Å². The van der Waals surface area contributed by atoms with Crippen molar-refractivity contribution in [3.05, 3.63) is 18.3 Å². The lowest BCUT2D eigenvalue weighted by molar-refractivity contribution is 0.187. The van der Waals surface area contributed by atoms with Crippen LogP contribution in [0.2, 0.25) is 0 Å². The van der Waals surface area contributed by atoms with E-state index >= 15 is 0 Å². The van der Waals surface area contributed by atoms with Gasteiger partial charge in [-0.2, -0.15) is 0 Å². The molecule has 1 aliphatic rings. The van der Waals surface area contributed by atoms with Crippen molar-refractivity contribution in [3.63, 3.8) is 0 Å². The highest BCUT2D eigenvalue weighted by molar-refractivity contribution is 7.91. The molecule has 0 aromatic carbocycles. The number of carbonyl (C=O) groups is 1. The minimum absolute atomic E-state index is 0.0492. The Morgan fingerprint density at radius 3 is 2.75 bits per heavy atom. The Balaban J connectivity index is 2.04. The number of ether oxygens (including phenoxy) is 1. The van der Waals surface area contributed by atoms with E-state index in [2.05, 4.69) is 15.0 Å². The van der Waals surface area contributed by atoms with Gasteiger partial charge in [0.1, 0.15) is 5.82 Å². The second-order valence-corrected chi connectivity index (χ2v) is 6.92. The summed E-state index contributed by atoms with van der Waals surface area (Å²) >= 11 is 0. The van der Waals surface area contributed by atoms with Crippen LogP contribution in [0.3, 0.4) is 0 Å². The summed E-state index contributed by atoms with van der Waals surface area (Å²) in [6.45, 7) is 0. The van der Waals surface area contributed by atoms with Gasteiger partial charge in [0.2, 0.25) is 0 Å². The lowest BCUT2D eigenvalue weighted by Gasteiger charge is -2.24. The molecule has 2 rings (SSSR count). The molecule has 110 valence electrons. The minimum Gasteiger partial charge on any atom is -0.453 e. The van der Waals surface area contributed by atoms with E-state index in [1.54, 1.807) is 12.1 Å². The van der Waals surface area contributed by atoms with Crippen LogP contribution in [0, 0.1) is 0 Å². The van der Waals surface area contributed by atoms with Crippen LogP contribution in [0.15, 0.2) is 18.3 Å². The van der Waals surface area contributed by atoms with E-state index in [0.717, 1.165) is 0 Å². The number of hydrogen-bond acceptors (Lipinski definition) is 6. The van der Waals surface area contributed by atoms with Crippen molar-refractivity contribution in [2.24, 2.45) is 0 Å². The molecule has 1 N–H and O–H groups in total. The molecule has 1 amide bonds. The molecular weight excluding hydrogens is 282 g/mol. The maximum atomic E-state index is 11.5. The summed E-state index contributed by atoms with van der Waals surface area (Å²) in [5.74, 6) is 1.06. The number of rotatable bonds is 3. The summed E-state index contributed by atoms with van der Waals surface area (Å²) in [5.41, 5.74) is 0.521. The average Bonchev–Trinajstić information content (AvgIpc) is 2.79. The predicted octanol–water partition coefficient (Wildman–Crippen LogP) is 0.883. The number of amides is 1. The molecule has 0 spiro atoms. The molecule has 2 heterocycles. The molecule has 1 saturated heterocycles. The fourth-order valence-corrected chi connectivity index (χ4v) is 3.88. The largest absolute Gasteiger partial charge is 0.453 e. The van der Waals surface area contributed by atoms with E-state index in [-0.39, 0.29) is 17.5 Å². The Hall–Kier alpha value is -1.83. The molecule has 1 aromatic rings. The van der Waals surface area contributed by atoms with Gasteiger partial charge in [0.15, 0.2) is 9.84 Å². The van der Waals surface area contributed by atoms with Crippen LogP contribution in [-0.2, 0) is 14.6 Å². The Morgan fingerprint density at radius 2 is 2.25 bits per heavy atom. The zero-order chi connectivity index (χ0) is 14.8. The number of aromatic nitrogens is 1. The van der Waals surface area contributed by atoms with Crippen LogP contribution in [0.5, 0.6) is 0 Å². The van der Waals surface area contributed by atoms with Crippen LogP contribution >= 0.6 is 0 Å². The number of nitrogens with zero attached hydrogens (tertiary/aromatic N) is 2. The Labute approximate surface area is 117 Å². The molecule has 1 atom stereocenters. The van der Waals surface area contributed by atoms with Crippen LogP contribution in [0.4, 0.5) is 16.3 Å². The smallest absolute Gasteiger partial charge is 0.411 e. The van der Waals surface area contributed by atoms with Crippen molar-refractivity contribution in [2.75, 3.05) is 35.9 Å². The van der Waals surface area contributed by atoms with E-state index in [1.807, 2.05) is 11.9 Å². The van der Waals surface area contributed by atoms with E-state index in [4.69, 9.17) is 0 Å². The first-order valence-electron chi connectivity index (χ1n) is 6.15. The molecule has 1 aliphatic heterocycles. The topological polar surface area (TPSA) is 88.6 Å². The molecule has 20 heavy (non-hydrogen) atoms. The molecule has 1 unspecified atom stereocenters. The normalized spacial score (nSPS) is 20.4. The lowest BCUT2D eigenvalue weighted by atomic mass is 10.2. The van der Waals surface area contributed by atoms with Gasteiger partial charge in [-0.3, -0.25) is 5.32 Å². The first kappa shape index (κ1) is 14.6. The number of pyridine rings is 1. The highest BCUT2D eigenvalue weighted by Gasteiger charge is 2.31. The number of carbonyl (C=O) groups excluding carboxylic acids is 1. The standard InChI is InChI=1S/C12H17N3O4S/c1-15(10-5-6-20(17,18)8-10)11-4-3-9(7-13-11)14-12(16)19-2/h3-4,7,10H,5-6,8H2,1-2H3,(H,14,16). The zero-order valence-corrected chi connectivity index (χ0v) is 12.2. The molecule has 0 saturated carbocycles. The lowest BCUT2D eigenvalue weighted by Crippen LogP contribution is -2.33. The van der Waals surface area contributed by atoms with Crippen molar-refractivity contribution in [2.45, 2.75) is 12.5 Å². The van der Waals surface area contributed by atoms with E-state index in [0.29, 0.717) is 17.9 Å². The van der Waals surface area contributed by atoms with Gasteiger partial charge < -0.3 is 9.64 Å². The second kappa shape index (κ2) is 5.66. The molecule has 7 nitrogen and oxygen atoms in total. The van der Waals surface area contributed by atoms with Crippen LogP contribution in [-0.4, -0.2) is 51.2 Å². The highest BCUT2D eigenvalue weighted by Crippen LogP contribution is 2.22. The monoisotopic (exact) mass is 299 g/mol. The van der Waals surface area contributed by atoms with Crippen molar-refractivity contribution in [3.8, 4) is 0 Å². The fraction of sp³-hybridized carbons (Fsp3) is 0.500. The quantitative estimate of drug-likeness (QED) is 0.891. The number of anilines is 2. The van der Waals surface area contributed by atoms with Gasteiger partial charge in [0.05, 0.1) is 30.5 Å². The van der Waals surface area contributed by atoms with Gasteiger partial charge in [0, 0.05) is 13.1 Å². The van der Waals surface area contributed by atoms with Gasteiger partial charge >= 0.3 is 6.09 Å². The summed E-state index contributed by atoms with van der Waals surface area (Å²) in [7, 11) is 0.185. The Bertz CT molecular complexity index is 585. The summed E-state index contributed by atoms with van der Waals surface area (Å²) in [5, 5.41) is 2.50. The molecule has 0 radical (unpaired) electrons. The first-order chi connectivity index (χ1) is 9.41. The fourth-order valence-electron chi connectivity index (χ4n) is 2.11. The summed E-state index contributed by atoms with van der Waals surface area (Å²) in [6, 6.07) is 3.38.